The zero-order valence-electron chi connectivity index (χ0n) is 18.7. The minimum atomic E-state index is -1.21. The molecule has 2 atom stereocenters. The molecule has 0 spiro atoms. The quantitative estimate of drug-likeness (QED) is 0.461. The molecule has 4 rings (SSSR count). The van der Waals surface area contributed by atoms with E-state index in [4.69, 9.17) is 9.47 Å². The first-order chi connectivity index (χ1) is 17.0. The van der Waals surface area contributed by atoms with Crippen LogP contribution in [-0.4, -0.2) is 35.2 Å². The van der Waals surface area contributed by atoms with Crippen molar-refractivity contribution in [3.63, 3.8) is 0 Å². The Morgan fingerprint density at radius 3 is 2.31 bits per heavy atom. The first-order valence-corrected chi connectivity index (χ1v) is 11.0. The Labute approximate surface area is 201 Å². The number of hydrazine groups is 1. The van der Waals surface area contributed by atoms with Crippen LogP contribution in [0.5, 0.6) is 5.75 Å². The van der Waals surface area contributed by atoms with Gasteiger partial charge in [0.25, 0.3) is 5.91 Å². The highest BCUT2D eigenvalue weighted by Crippen LogP contribution is 2.22. The lowest BCUT2D eigenvalue weighted by Crippen LogP contribution is -2.65. The molecule has 1 saturated heterocycles. The second kappa shape index (κ2) is 11.1. The van der Waals surface area contributed by atoms with Crippen LogP contribution < -0.4 is 15.5 Å². The lowest BCUT2D eigenvalue weighted by atomic mass is 10.0. The van der Waals surface area contributed by atoms with Gasteiger partial charge in [0.2, 0.25) is 12.1 Å². The number of nitrogens with zero attached hydrogens (tertiary/aromatic N) is 1. The van der Waals surface area contributed by atoms with Gasteiger partial charge >= 0.3 is 6.09 Å². The van der Waals surface area contributed by atoms with Gasteiger partial charge in [-0.05, 0) is 29.3 Å². The van der Waals surface area contributed by atoms with E-state index in [1.165, 1.54) is 18.2 Å². The number of rotatable bonds is 9. The van der Waals surface area contributed by atoms with Crippen LogP contribution in [-0.2, 0) is 27.4 Å². The molecule has 9 heteroatoms. The molecule has 2 N–H and O–H groups in total. The van der Waals surface area contributed by atoms with Crippen molar-refractivity contribution in [1.82, 2.24) is 15.8 Å². The standard InChI is InChI=1S/C26H24FN3O5/c27-21-14-8-7-11-19(21)15-22(28-26(33)34-17-18-9-3-1-4-10-18)25(32)29-30-23(31)16-24(30)35-20-12-5-2-6-13-20/h1-14,22,24H,15-17H2,(H,28,33)(H,29,32)/t22-,24?/m0/s1. The second-order valence-electron chi connectivity index (χ2n) is 7.88. The number of benzene rings is 3. The fourth-order valence-electron chi connectivity index (χ4n) is 3.47. The van der Waals surface area contributed by atoms with Gasteiger partial charge in [-0.15, -0.1) is 0 Å². The summed E-state index contributed by atoms with van der Waals surface area (Å²) in [5, 5.41) is 3.53. The van der Waals surface area contributed by atoms with Crippen molar-refractivity contribution in [2.24, 2.45) is 0 Å². The number of para-hydroxylation sites is 1. The predicted molar refractivity (Wildman–Crippen MR) is 124 cm³/mol. The molecule has 0 radical (unpaired) electrons. The van der Waals surface area contributed by atoms with Gasteiger partial charge in [0.15, 0.2) is 0 Å². The van der Waals surface area contributed by atoms with Crippen LogP contribution in [0.2, 0.25) is 0 Å². The summed E-state index contributed by atoms with van der Waals surface area (Å²) in [4.78, 5) is 37.6. The average molecular weight is 477 g/mol. The number of carbonyl (C=O) groups excluding carboxylic acids is 3. The minimum absolute atomic E-state index is 0.00168. The van der Waals surface area contributed by atoms with E-state index in [0.29, 0.717) is 5.75 Å². The average Bonchev–Trinajstić information content (AvgIpc) is 2.88. The number of amides is 3. The number of halogens is 1. The van der Waals surface area contributed by atoms with E-state index >= 15 is 0 Å². The number of carbonyl (C=O) groups is 3. The lowest BCUT2D eigenvalue weighted by Gasteiger charge is -2.40. The van der Waals surface area contributed by atoms with Crippen molar-refractivity contribution < 1.29 is 28.2 Å². The van der Waals surface area contributed by atoms with Crippen molar-refractivity contribution in [1.29, 1.82) is 0 Å². The summed E-state index contributed by atoms with van der Waals surface area (Å²) in [6.45, 7) is -0.00168. The second-order valence-corrected chi connectivity index (χ2v) is 7.88. The third kappa shape index (κ3) is 6.35. The van der Waals surface area contributed by atoms with Crippen LogP contribution >= 0.6 is 0 Å². The van der Waals surface area contributed by atoms with Gasteiger partial charge in [0.1, 0.15) is 24.2 Å². The normalized spacial score (nSPS) is 15.5. The topological polar surface area (TPSA) is 97.0 Å². The van der Waals surface area contributed by atoms with Crippen LogP contribution in [0, 0.1) is 5.82 Å². The summed E-state index contributed by atoms with van der Waals surface area (Å²) in [5.74, 6) is -1.04. The number of hydrogen-bond donors (Lipinski definition) is 2. The largest absolute Gasteiger partial charge is 0.468 e. The van der Waals surface area contributed by atoms with Gasteiger partial charge in [0, 0.05) is 6.42 Å². The molecule has 0 bridgehead atoms. The first kappa shape index (κ1) is 23.7. The molecule has 180 valence electrons. The number of ether oxygens (including phenoxy) is 2. The van der Waals surface area contributed by atoms with E-state index in [2.05, 4.69) is 10.7 Å². The van der Waals surface area contributed by atoms with E-state index in [1.807, 2.05) is 24.3 Å². The zero-order valence-corrected chi connectivity index (χ0v) is 18.7. The molecule has 0 saturated carbocycles. The predicted octanol–water partition coefficient (Wildman–Crippen LogP) is 3.33. The molecular weight excluding hydrogens is 453 g/mol. The fraction of sp³-hybridized carbons (Fsp3) is 0.192. The molecule has 3 aromatic rings. The highest BCUT2D eigenvalue weighted by Gasteiger charge is 2.40. The molecule has 0 aliphatic carbocycles. The van der Waals surface area contributed by atoms with Gasteiger partial charge in [-0.3, -0.25) is 15.0 Å². The lowest BCUT2D eigenvalue weighted by molar-refractivity contribution is -0.173. The van der Waals surface area contributed by atoms with Crippen LogP contribution in [0.15, 0.2) is 84.9 Å². The molecule has 1 aliphatic heterocycles. The molecule has 0 aromatic heterocycles. The number of nitrogens with one attached hydrogen (secondary N) is 2. The Morgan fingerprint density at radius 1 is 0.971 bits per heavy atom. The summed E-state index contributed by atoms with van der Waals surface area (Å²) in [7, 11) is 0. The molecule has 3 aromatic carbocycles. The molecular formula is C26H24FN3O5. The van der Waals surface area contributed by atoms with Crippen LogP contribution in [0.25, 0.3) is 0 Å². The molecule has 1 heterocycles. The van der Waals surface area contributed by atoms with Gasteiger partial charge in [-0.2, -0.15) is 0 Å². The summed E-state index contributed by atoms with van der Waals surface area (Å²) in [6, 6.07) is 22.6. The zero-order chi connectivity index (χ0) is 24.6. The molecule has 8 nitrogen and oxygen atoms in total. The van der Waals surface area contributed by atoms with Crippen molar-refractivity contribution in [3.05, 3.63) is 102 Å². The smallest absolute Gasteiger partial charge is 0.408 e. The van der Waals surface area contributed by atoms with E-state index in [1.54, 1.807) is 42.5 Å². The maximum absolute atomic E-state index is 14.3. The van der Waals surface area contributed by atoms with Crippen LogP contribution in [0.1, 0.15) is 17.5 Å². The Balaban J connectivity index is 1.42. The minimum Gasteiger partial charge on any atom is -0.468 e. The van der Waals surface area contributed by atoms with Crippen molar-refractivity contribution in [2.75, 3.05) is 0 Å². The third-order valence-electron chi connectivity index (χ3n) is 5.36. The Bertz CT molecular complexity index is 1180. The Kier molecular flexibility index (Phi) is 7.57. The monoisotopic (exact) mass is 477 g/mol. The number of β-lactam (4-membered cyclic amide) rings is 1. The molecule has 1 aliphatic rings. The maximum atomic E-state index is 14.3. The van der Waals surface area contributed by atoms with Gasteiger partial charge < -0.3 is 14.8 Å². The van der Waals surface area contributed by atoms with Gasteiger partial charge in [-0.1, -0.05) is 66.7 Å². The number of hydrogen-bond acceptors (Lipinski definition) is 5. The molecule has 35 heavy (non-hydrogen) atoms. The summed E-state index contributed by atoms with van der Waals surface area (Å²) in [5.41, 5.74) is 3.48. The SMILES string of the molecule is O=C(N[C@@H](Cc1ccccc1F)C(=O)NN1C(=O)CC1Oc1ccccc1)OCc1ccccc1. The van der Waals surface area contributed by atoms with Gasteiger partial charge in [0.05, 0.1) is 6.42 Å². The Hall–Kier alpha value is -4.40. The Morgan fingerprint density at radius 2 is 1.63 bits per heavy atom. The summed E-state index contributed by atoms with van der Waals surface area (Å²) in [6.07, 6.45) is -1.62. The van der Waals surface area contributed by atoms with Crippen LogP contribution in [0.4, 0.5) is 9.18 Å². The van der Waals surface area contributed by atoms with Crippen molar-refractivity contribution in [3.8, 4) is 5.75 Å². The fourth-order valence-corrected chi connectivity index (χ4v) is 3.47. The molecule has 3 amide bonds. The highest BCUT2D eigenvalue weighted by atomic mass is 19.1. The third-order valence-corrected chi connectivity index (χ3v) is 5.36. The van der Waals surface area contributed by atoms with Crippen molar-refractivity contribution >= 4 is 17.9 Å². The van der Waals surface area contributed by atoms with Crippen molar-refractivity contribution in [2.45, 2.75) is 31.7 Å². The highest BCUT2D eigenvalue weighted by molar-refractivity contribution is 5.90. The van der Waals surface area contributed by atoms with E-state index < -0.39 is 30.1 Å². The molecule has 1 fully saturated rings. The maximum Gasteiger partial charge on any atom is 0.408 e. The first-order valence-electron chi connectivity index (χ1n) is 11.0. The summed E-state index contributed by atoms with van der Waals surface area (Å²) < 4.78 is 25.2. The van der Waals surface area contributed by atoms with Gasteiger partial charge in [-0.25, -0.2) is 14.2 Å². The molecule has 1 unspecified atom stereocenters. The van der Waals surface area contributed by atoms with E-state index in [0.717, 1.165) is 10.6 Å². The van der Waals surface area contributed by atoms with E-state index in [9.17, 15) is 18.8 Å². The summed E-state index contributed by atoms with van der Waals surface area (Å²) >= 11 is 0. The van der Waals surface area contributed by atoms with E-state index in [-0.39, 0.29) is 30.9 Å². The van der Waals surface area contributed by atoms with Crippen LogP contribution in [0.3, 0.4) is 0 Å². The number of alkyl carbamates (subject to hydrolysis) is 1.